The van der Waals surface area contributed by atoms with Gasteiger partial charge in [0.25, 0.3) is 5.56 Å². The maximum Gasteiger partial charge on any atom is 0.268 e. The Morgan fingerprint density at radius 3 is 2.64 bits per heavy atom. The minimum Gasteiger partial charge on any atom is -0.293 e. The summed E-state index contributed by atoms with van der Waals surface area (Å²) in [6, 6.07) is 14.8. The number of carbonyl (C=O) groups excluding carboxylic acids is 1. The van der Waals surface area contributed by atoms with Gasteiger partial charge in [0.1, 0.15) is 4.83 Å². The van der Waals surface area contributed by atoms with Crippen LogP contribution in [0.2, 0.25) is 5.02 Å². The van der Waals surface area contributed by atoms with Crippen molar-refractivity contribution < 1.29 is 4.79 Å². The highest BCUT2D eigenvalue weighted by atomic mass is 35.5. The van der Waals surface area contributed by atoms with Crippen LogP contribution in [0.1, 0.15) is 52.0 Å². The number of aromatic nitrogens is 4. The summed E-state index contributed by atoms with van der Waals surface area (Å²) in [6.07, 6.45) is 3.17. The molecule has 6 nitrogen and oxygen atoms in total. The Bertz CT molecular complexity index is 1680. The lowest BCUT2D eigenvalue weighted by Gasteiger charge is -2.18. The van der Waals surface area contributed by atoms with E-state index >= 15 is 0 Å². The van der Waals surface area contributed by atoms with E-state index in [1.807, 2.05) is 35.6 Å². The summed E-state index contributed by atoms with van der Waals surface area (Å²) in [5.74, 6) is 0.965. The molecule has 6 rings (SSSR count). The van der Waals surface area contributed by atoms with Crippen molar-refractivity contribution in [2.75, 3.05) is 5.75 Å². The number of nitrogens with zero attached hydrogens (tertiary/aromatic N) is 4. The van der Waals surface area contributed by atoms with Crippen molar-refractivity contribution >= 4 is 56.5 Å². The van der Waals surface area contributed by atoms with Crippen molar-refractivity contribution in [1.29, 1.82) is 0 Å². The van der Waals surface area contributed by atoms with Gasteiger partial charge in [-0.3, -0.25) is 9.59 Å². The largest absolute Gasteiger partial charge is 0.293 e. The number of thiophene rings is 1. The van der Waals surface area contributed by atoms with Gasteiger partial charge >= 0.3 is 0 Å². The topological polar surface area (TPSA) is 69.3 Å². The summed E-state index contributed by atoms with van der Waals surface area (Å²) in [7, 11) is 0. The number of thioether (sulfide) groups is 1. The maximum atomic E-state index is 14.0. The first kappa shape index (κ1) is 23.5. The van der Waals surface area contributed by atoms with Crippen LogP contribution in [0.4, 0.5) is 0 Å². The number of benzene rings is 2. The second-order valence-electron chi connectivity index (χ2n) is 9.23. The molecule has 0 amide bonds. The predicted molar refractivity (Wildman–Crippen MR) is 147 cm³/mol. The molecule has 9 heteroatoms. The summed E-state index contributed by atoms with van der Waals surface area (Å²) in [5, 5.41) is 10.8. The van der Waals surface area contributed by atoms with E-state index in [0.29, 0.717) is 27.4 Å². The van der Waals surface area contributed by atoms with Gasteiger partial charge in [0.2, 0.25) is 5.78 Å². The molecule has 0 aliphatic heterocycles. The number of carbonyl (C=O) groups is 1. The number of rotatable bonds is 5. The van der Waals surface area contributed by atoms with Gasteiger partial charge in [-0.05, 0) is 74.1 Å². The fourth-order valence-corrected chi connectivity index (χ4v) is 7.38. The average Bonchev–Trinajstić information content (AvgIpc) is 3.47. The first-order valence-corrected chi connectivity index (χ1v) is 14.0. The molecule has 1 aliphatic carbocycles. The molecule has 1 unspecified atom stereocenters. The Morgan fingerprint density at radius 1 is 1.14 bits per heavy atom. The molecule has 36 heavy (non-hydrogen) atoms. The van der Waals surface area contributed by atoms with Gasteiger partial charge in [-0.1, -0.05) is 48.0 Å². The van der Waals surface area contributed by atoms with Crippen LogP contribution in [0, 0.1) is 6.92 Å². The van der Waals surface area contributed by atoms with E-state index < -0.39 is 0 Å². The van der Waals surface area contributed by atoms with Gasteiger partial charge in [-0.2, -0.15) is 0 Å². The Kier molecular flexibility index (Phi) is 5.98. The molecule has 0 saturated carbocycles. The lowest BCUT2D eigenvalue weighted by atomic mass is 9.88. The van der Waals surface area contributed by atoms with E-state index in [1.165, 1.54) is 16.6 Å². The van der Waals surface area contributed by atoms with Crippen LogP contribution in [0.3, 0.4) is 0 Å². The molecular formula is C27H23ClN4O2S2. The number of hydrogen-bond donors (Lipinski definition) is 0. The van der Waals surface area contributed by atoms with Crippen LogP contribution in [0.25, 0.3) is 21.7 Å². The third-order valence-electron chi connectivity index (χ3n) is 6.76. The smallest absolute Gasteiger partial charge is 0.268 e. The molecule has 2 aromatic carbocycles. The minimum absolute atomic E-state index is 0.0180. The van der Waals surface area contributed by atoms with Gasteiger partial charge in [0.05, 0.1) is 16.8 Å². The van der Waals surface area contributed by atoms with E-state index in [1.54, 1.807) is 40.2 Å². The van der Waals surface area contributed by atoms with Crippen molar-refractivity contribution in [3.05, 3.63) is 85.5 Å². The van der Waals surface area contributed by atoms with Crippen LogP contribution in [0.5, 0.6) is 0 Å². The zero-order valence-corrected chi connectivity index (χ0v) is 22.2. The molecule has 182 valence electrons. The van der Waals surface area contributed by atoms with Crippen molar-refractivity contribution in [2.45, 2.75) is 44.2 Å². The Balaban J connectivity index is 1.53. The molecule has 0 spiro atoms. The minimum atomic E-state index is -0.0613. The van der Waals surface area contributed by atoms with Crippen LogP contribution < -0.4 is 5.56 Å². The second kappa shape index (κ2) is 9.18. The number of ketones is 1. The average molecular weight is 535 g/mol. The first-order chi connectivity index (χ1) is 17.4. The van der Waals surface area contributed by atoms with Gasteiger partial charge < -0.3 is 0 Å². The quantitative estimate of drug-likeness (QED) is 0.191. The summed E-state index contributed by atoms with van der Waals surface area (Å²) >= 11 is 8.97. The van der Waals surface area contributed by atoms with Crippen molar-refractivity contribution in [3.8, 4) is 5.69 Å². The Labute approximate surface area is 220 Å². The third kappa shape index (κ3) is 3.88. The zero-order chi connectivity index (χ0) is 25.0. The van der Waals surface area contributed by atoms with Crippen LogP contribution in [-0.4, -0.2) is 30.7 Å². The highest BCUT2D eigenvalue weighted by molar-refractivity contribution is 7.99. The van der Waals surface area contributed by atoms with Gasteiger partial charge in [-0.25, -0.2) is 8.97 Å². The number of Topliss-reactive ketones (excluding diaryl/α,β-unsaturated/α-hetero) is 1. The maximum absolute atomic E-state index is 14.0. The Morgan fingerprint density at radius 2 is 1.89 bits per heavy atom. The molecule has 0 fully saturated rings. The number of halogens is 1. The van der Waals surface area contributed by atoms with Crippen LogP contribution >= 0.6 is 34.7 Å². The number of aryl methyl sites for hydroxylation is 2. The first-order valence-electron chi connectivity index (χ1n) is 11.9. The van der Waals surface area contributed by atoms with E-state index in [2.05, 4.69) is 17.1 Å². The molecule has 0 saturated heterocycles. The second-order valence-corrected chi connectivity index (χ2v) is 11.7. The van der Waals surface area contributed by atoms with E-state index in [4.69, 9.17) is 11.6 Å². The molecular weight excluding hydrogens is 512 g/mol. The highest BCUT2D eigenvalue weighted by Crippen LogP contribution is 2.41. The van der Waals surface area contributed by atoms with Crippen LogP contribution in [0.15, 0.2) is 58.5 Å². The summed E-state index contributed by atoms with van der Waals surface area (Å²) in [5.41, 5.74) is 3.57. The summed E-state index contributed by atoms with van der Waals surface area (Å²) < 4.78 is 3.63. The Hall–Kier alpha value is -2.94. The van der Waals surface area contributed by atoms with Crippen molar-refractivity contribution in [3.63, 3.8) is 0 Å². The SMILES string of the molecule is Cc1ccc(-n2c(=O)c3c4c(sc3n3c(SCC(=O)c5ccc(Cl)cc5)nnc23)CCCC4C)cc1. The van der Waals surface area contributed by atoms with Crippen molar-refractivity contribution in [1.82, 2.24) is 19.2 Å². The summed E-state index contributed by atoms with van der Waals surface area (Å²) in [6.45, 7) is 4.22. The molecule has 3 aromatic heterocycles. The fraction of sp³-hybridized carbons (Fsp3) is 0.259. The molecule has 0 bridgehead atoms. The molecule has 5 aromatic rings. The molecule has 1 aliphatic rings. The normalized spacial score (nSPS) is 15.5. The summed E-state index contributed by atoms with van der Waals surface area (Å²) in [4.78, 5) is 29.0. The van der Waals surface area contributed by atoms with E-state index in [-0.39, 0.29) is 17.1 Å². The lowest BCUT2D eigenvalue weighted by Crippen LogP contribution is -2.22. The van der Waals surface area contributed by atoms with Gasteiger partial charge in [0.15, 0.2) is 10.9 Å². The monoisotopic (exact) mass is 534 g/mol. The fourth-order valence-electron chi connectivity index (χ4n) is 4.92. The number of hydrogen-bond acceptors (Lipinski definition) is 6. The third-order valence-corrected chi connectivity index (χ3v) is 9.20. The molecule has 0 radical (unpaired) electrons. The van der Waals surface area contributed by atoms with Crippen molar-refractivity contribution in [2.24, 2.45) is 0 Å². The predicted octanol–water partition coefficient (Wildman–Crippen LogP) is 6.47. The highest BCUT2D eigenvalue weighted by Gasteiger charge is 2.28. The molecule has 3 heterocycles. The zero-order valence-electron chi connectivity index (χ0n) is 19.8. The standard InChI is InChI=1S/C27H23ClN4O2S2/c1-15-6-12-19(13-7-15)31-24(34)23-22-16(2)4-3-5-21(22)36-25(23)32-26(31)29-30-27(32)35-14-20(33)17-8-10-18(28)11-9-17/h6-13,16H,3-5,14H2,1-2H3. The van der Waals surface area contributed by atoms with E-state index in [0.717, 1.165) is 46.3 Å². The van der Waals surface area contributed by atoms with Gasteiger partial charge in [0, 0.05) is 15.5 Å². The molecule has 1 atom stereocenters. The van der Waals surface area contributed by atoms with E-state index in [9.17, 15) is 9.59 Å². The molecule has 0 N–H and O–H groups in total. The van der Waals surface area contributed by atoms with Gasteiger partial charge in [-0.15, -0.1) is 21.5 Å². The lowest BCUT2D eigenvalue weighted by molar-refractivity contribution is 0.102. The van der Waals surface area contributed by atoms with Crippen LogP contribution in [-0.2, 0) is 6.42 Å². The number of fused-ring (bicyclic) bond motifs is 5.